The topological polar surface area (TPSA) is 0 Å². The Morgan fingerprint density at radius 1 is 0.591 bits per heavy atom. The van der Waals surface area contributed by atoms with Crippen molar-refractivity contribution < 1.29 is 0 Å². The van der Waals surface area contributed by atoms with E-state index in [-0.39, 0.29) is 0 Å². The quantitative estimate of drug-likeness (QED) is 0.254. The minimum absolute atomic E-state index is 0.339. The predicted octanol–water partition coefficient (Wildman–Crippen LogP) is 6.55. The second kappa shape index (κ2) is 15.3. The fourth-order valence-electron chi connectivity index (χ4n) is 3.17. The maximum atomic E-state index is 2.43. The molecule has 0 aliphatic carbocycles. The second-order valence-electron chi connectivity index (χ2n) is 6.83. The van der Waals surface area contributed by atoms with E-state index in [1.54, 1.807) is 6.04 Å². The minimum Gasteiger partial charge on any atom is -0.0748 e. The van der Waals surface area contributed by atoms with Gasteiger partial charge in [0.15, 0.2) is 0 Å². The van der Waals surface area contributed by atoms with E-state index in [0.717, 1.165) is 0 Å². The van der Waals surface area contributed by atoms with Gasteiger partial charge in [0.1, 0.15) is 0 Å². The van der Waals surface area contributed by atoms with E-state index >= 15 is 0 Å². The summed E-state index contributed by atoms with van der Waals surface area (Å²) in [5.74, 6) is 0. The lowest BCUT2D eigenvalue weighted by Crippen LogP contribution is -1.86. The van der Waals surface area contributed by atoms with Crippen LogP contribution < -0.4 is 0 Å². The minimum atomic E-state index is 0.339. The summed E-state index contributed by atoms with van der Waals surface area (Å²) < 4.78 is 0. The molecule has 0 atom stereocenters. The van der Waals surface area contributed by atoms with E-state index in [9.17, 15) is 0 Å². The average Bonchev–Trinajstić information content (AvgIpc) is 2.56. The van der Waals surface area contributed by atoms with E-state index in [4.69, 9.17) is 0 Å². The Bertz CT molecular complexity index is 320. The molecular formula is C21H38Si. The first-order valence-electron chi connectivity index (χ1n) is 9.97. The molecule has 1 rings (SSSR count). The van der Waals surface area contributed by atoms with Crippen molar-refractivity contribution in [1.29, 1.82) is 0 Å². The van der Waals surface area contributed by atoms with Gasteiger partial charge in [-0.15, -0.1) is 0 Å². The summed E-state index contributed by atoms with van der Waals surface area (Å²) in [6.07, 6.45) is 18.8. The smallest absolute Gasteiger partial charge is 0.0166 e. The molecule has 0 N–H and O–H groups in total. The summed E-state index contributed by atoms with van der Waals surface area (Å²) in [6.45, 7) is 2.43. The summed E-state index contributed by atoms with van der Waals surface area (Å²) in [7, 11) is 0.339. The Labute approximate surface area is 141 Å². The van der Waals surface area contributed by atoms with E-state index < -0.39 is 0 Å². The van der Waals surface area contributed by atoms with Gasteiger partial charge >= 0.3 is 0 Å². The van der Waals surface area contributed by atoms with Crippen molar-refractivity contribution >= 4 is 9.52 Å². The molecule has 0 saturated carbocycles. The van der Waals surface area contributed by atoms with Crippen molar-refractivity contribution in [1.82, 2.24) is 0 Å². The number of hydrogen-bond acceptors (Lipinski definition) is 0. The normalized spacial score (nSPS) is 11.5. The van der Waals surface area contributed by atoms with Gasteiger partial charge in [-0.05, 0) is 18.4 Å². The molecule has 1 aromatic carbocycles. The molecule has 0 nitrogen and oxygen atoms in total. The van der Waals surface area contributed by atoms with Gasteiger partial charge in [-0.1, -0.05) is 114 Å². The largest absolute Gasteiger partial charge is 0.0748 e. The van der Waals surface area contributed by atoms with Crippen LogP contribution in [0.3, 0.4) is 0 Å². The molecule has 126 valence electrons. The Morgan fingerprint density at radius 2 is 1.05 bits per heavy atom. The third kappa shape index (κ3) is 12.0. The molecule has 0 amide bonds. The average molecular weight is 319 g/mol. The molecule has 0 saturated heterocycles. The summed E-state index contributed by atoms with van der Waals surface area (Å²) in [5.41, 5.74) is 1.50. The Balaban J connectivity index is 1.73. The monoisotopic (exact) mass is 318 g/mol. The molecule has 0 unspecified atom stereocenters. The number of rotatable bonds is 15. The van der Waals surface area contributed by atoms with Crippen LogP contribution in [0, 0.1) is 0 Å². The molecule has 0 aliphatic rings. The van der Waals surface area contributed by atoms with Crippen LogP contribution in [-0.2, 0) is 6.42 Å². The highest BCUT2D eigenvalue weighted by molar-refractivity contribution is 6.33. The van der Waals surface area contributed by atoms with Gasteiger partial charge in [0.05, 0.1) is 0 Å². The Hall–Kier alpha value is -0.563. The maximum absolute atomic E-state index is 2.43. The summed E-state index contributed by atoms with van der Waals surface area (Å²) in [6, 6.07) is 12.5. The first kappa shape index (κ1) is 19.5. The van der Waals surface area contributed by atoms with Crippen LogP contribution in [0.2, 0.25) is 12.6 Å². The fraction of sp³-hybridized carbons (Fsp3) is 0.714. The van der Waals surface area contributed by atoms with Crippen LogP contribution in [0.4, 0.5) is 0 Å². The lowest BCUT2D eigenvalue weighted by molar-refractivity contribution is 0.544. The maximum Gasteiger partial charge on any atom is 0.0166 e. The first-order chi connectivity index (χ1) is 10.9. The number of benzene rings is 1. The van der Waals surface area contributed by atoms with Crippen LogP contribution in [-0.4, -0.2) is 9.52 Å². The van der Waals surface area contributed by atoms with Crippen molar-refractivity contribution in [2.75, 3.05) is 0 Å². The Morgan fingerprint density at radius 3 is 1.55 bits per heavy atom. The van der Waals surface area contributed by atoms with Crippen LogP contribution in [0.15, 0.2) is 30.3 Å². The van der Waals surface area contributed by atoms with Crippen molar-refractivity contribution in [2.24, 2.45) is 0 Å². The number of aryl methyl sites for hydroxylation is 1. The second-order valence-corrected chi connectivity index (χ2v) is 8.54. The van der Waals surface area contributed by atoms with Crippen molar-refractivity contribution in [2.45, 2.75) is 96.1 Å². The molecule has 0 fully saturated rings. The molecule has 0 aromatic heterocycles. The highest BCUT2D eigenvalue weighted by Gasteiger charge is 1.95. The molecule has 1 heteroatoms. The first-order valence-corrected chi connectivity index (χ1v) is 12.4. The lowest BCUT2D eigenvalue weighted by Gasteiger charge is -2.03. The molecule has 0 aliphatic heterocycles. The Kier molecular flexibility index (Phi) is 13.6. The predicted molar refractivity (Wildman–Crippen MR) is 105 cm³/mol. The number of hydrogen-bond donors (Lipinski definition) is 0. The van der Waals surface area contributed by atoms with Gasteiger partial charge < -0.3 is 0 Å². The molecule has 0 heterocycles. The van der Waals surface area contributed by atoms with Crippen LogP contribution >= 0.6 is 0 Å². The summed E-state index contributed by atoms with van der Waals surface area (Å²) in [4.78, 5) is 0. The van der Waals surface area contributed by atoms with Gasteiger partial charge in [0.25, 0.3) is 0 Å². The van der Waals surface area contributed by atoms with Crippen molar-refractivity contribution in [3.05, 3.63) is 35.9 Å². The highest BCUT2D eigenvalue weighted by atomic mass is 28.2. The standard InChI is InChI=1S/C21H38Si/c1-22-20-16-11-9-7-5-3-2-4-6-8-10-13-17-21-18-14-12-15-19-21/h12,14-15,18-19H,2-11,13,16-17,20,22H2,1H3. The van der Waals surface area contributed by atoms with Gasteiger partial charge in [-0.2, -0.15) is 0 Å². The van der Waals surface area contributed by atoms with Crippen LogP contribution in [0.1, 0.15) is 82.6 Å². The van der Waals surface area contributed by atoms with Crippen molar-refractivity contribution in [3.63, 3.8) is 0 Å². The van der Waals surface area contributed by atoms with Crippen molar-refractivity contribution in [3.8, 4) is 0 Å². The van der Waals surface area contributed by atoms with E-state index in [1.807, 2.05) is 0 Å². The van der Waals surface area contributed by atoms with E-state index in [2.05, 4.69) is 36.9 Å². The van der Waals surface area contributed by atoms with Crippen LogP contribution in [0.5, 0.6) is 0 Å². The third-order valence-corrected chi connectivity index (χ3v) is 5.87. The summed E-state index contributed by atoms with van der Waals surface area (Å²) in [5, 5.41) is 0. The molecule has 1 aromatic rings. The zero-order valence-corrected chi connectivity index (χ0v) is 16.4. The zero-order chi connectivity index (χ0) is 15.7. The fourth-order valence-corrected chi connectivity index (χ4v) is 4.02. The third-order valence-electron chi connectivity index (χ3n) is 4.66. The van der Waals surface area contributed by atoms with Gasteiger partial charge in [-0.25, -0.2) is 0 Å². The molecule has 0 spiro atoms. The molecular weight excluding hydrogens is 280 g/mol. The molecule has 22 heavy (non-hydrogen) atoms. The SMILES string of the molecule is C[SiH2]CCCCCCCCCCCCCCc1ccccc1. The van der Waals surface area contributed by atoms with Gasteiger partial charge in [-0.3, -0.25) is 0 Å². The molecule has 0 bridgehead atoms. The number of unbranched alkanes of at least 4 members (excludes halogenated alkanes) is 11. The van der Waals surface area contributed by atoms with Crippen LogP contribution in [0.25, 0.3) is 0 Å². The van der Waals surface area contributed by atoms with E-state index in [1.165, 1.54) is 89.0 Å². The molecule has 0 radical (unpaired) electrons. The summed E-state index contributed by atoms with van der Waals surface area (Å²) >= 11 is 0. The van der Waals surface area contributed by atoms with Gasteiger partial charge in [0, 0.05) is 9.52 Å². The lowest BCUT2D eigenvalue weighted by atomic mass is 10.0. The highest BCUT2D eigenvalue weighted by Crippen LogP contribution is 2.13. The zero-order valence-electron chi connectivity index (χ0n) is 15.0. The van der Waals surface area contributed by atoms with Gasteiger partial charge in [0.2, 0.25) is 0 Å². The van der Waals surface area contributed by atoms with E-state index in [0.29, 0.717) is 9.52 Å².